The van der Waals surface area contributed by atoms with E-state index in [-0.39, 0.29) is 0 Å². The Morgan fingerprint density at radius 1 is 1.40 bits per heavy atom. The third-order valence-electron chi connectivity index (χ3n) is 3.77. The maximum absolute atomic E-state index is 10.5. The highest BCUT2D eigenvalue weighted by Gasteiger charge is 2.14. The molecular weight excluding hydrogens is 274 g/mol. The van der Waals surface area contributed by atoms with Gasteiger partial charge in [0.2, 0.25) is 0 Å². The summed E-state index contributed by atoms with van der Waals surface area (Å²) in [7, 11) is 0. The number of halogens is 1. The highest BCUT2D eigenvalue weighted by atomic mass is 35.5. The second-order valence-electron chi connectivity index (χ2n) is 5.40. The first-order valence-electron chi connectivity index (χ1n) is 7.02. The summed E-state index contributed by atoms with van der Waals surface area (Å²) in [4.78, 5) is 12.9. The van der Waals surface area contributed by atoms with E-state index < -0.39 is 5.97 Å². The molecule has 0 bridgehead atoms. The Kier molecular flexibility index (Phi) is 5.07. The van der Waals surface area contributed by atoms with Crippen LogP contribution in [0, 0.1) is 5.92 Å². The molecule has 1 aliphatic rings. The topological polar surface area (TPSA) is 40.5 Å². The molecule has 1 N–H and O–H groups in total. The van der Waals surface area contributed by atoms with Crippen molar-refractivity contribution < 1.29 is 9.90 Å². The summed E-state index contributed by atoms with van der Waals surface area (Å²) in [5.74, 6) is -0.181. The van der Waals surface area contributed by atoms with E-state index in [4.69, 9.17) is 16.7 Å². The smallest absolute Gasteiger partial charge is 0.328 e. The van der Waals surface area contributed by atoms with Gasteiger partial charge < -0.3 is 10.0 Å². The molecule has 1 saturated heterocycles. The zero-order valence-electron chi connectivity index (χ0n) is 11.7. The highest BCUT2D eigenvalue weighted by Crippen LogP contribution is 2.27. The molecule has 3 nitrogen and oxygen atoms in total. The van der Waals surface area contributed by atoms with Crippen LogP contribution in [0.25, 0.3) is 6.08 Å². The highest BCUT2D eigenvalue weighted by molar-refractivity contribution is 6.32. The largest absolute Gasteiger partial charge is 0.478 e. The number of anilines is 1. The lowest BCUT2D eigenvalue weighted by Crippen LogP contribution is -2.24. The van der Waals surface area contributed by atoms with E-state index in [9.17, 15) is 4.79 Å². The molecule has 1 aromatic rings. The lowest BCUT2D eigenvalue weighted by molar-refractivity contribution is -0.131. The van der Waals surface area contributed by atoms with Crippen molar-refractivity contribution in [3.63, 3.8) is 0 Å². The van der Waals surface area contributed by atoms with Gasteiger partial charge in [-0.05, 0) is 49.0 Å². The van der Waals surface area contributed by atoms with Crippen LogP contribution in [0.2, 0.25) is 5.02 Å². The first-order chi connectivity index (χ1) is 9.56. The van der Waals surface area contributed by atoms with Crippen LogP contribution in [0.3, 0.4) is 0 Å². The molecule has 1 unspecified atom stereocenters. The van der Waals surface area contributed by atoms with Crippen molar-refractivity contribution >= 4 is 29.3 Å². The number of hydrogen-bond acceptors (Lipinski definition) is 2. The fourth-order valence-electron chi connectivity index (χ4n) is 2.53. The van der Waals surface area contributed by atoms with Crippen LogP contribution in [0.1, 0.15) is 31.7 Å². The number of hydrogen-bond donors (Lipinski definition) is 1. The maximum Gasteiger partial charge on any atom is 0.328 e. The Morgan fingerprint density at radius 3 is 2.90 bits per heavy atom. The summed E-state index contributed by atoms with van der Waals surface area (Å²) in [5, 5.41) is 9.24. The van der Waals surface area contributed by atoms with Gasteiger partial charge in [0.15, 0.2) is 0 Å². The molecular formula is C16H20ClNO2. The van der Waals surface area contributed by atoms with Crippen LogP contribution < -0.4 is 4.90 Å². The molecule has 0 amide bonds. The molecule has 0 spiro atoms. The molecule has 0 aliphatic carbocycles. The quantitative estimate of drug-likeness (QED) is 0.854. The van der Waals surface area contributed by atoms with Crippen molar-refractivity contribution in [1.29, 1.82) is 0 Å². The molecule has 2 rings (SSSR count). The van der Waals surface area contributed by atoms with Gasteiger partial charge in [0.25, 0.3) is 0 Å². The van der Waals surface area contributed by atoms with Crippen LogP contribution in [0.15, 0.2) is 24.3 Å². The predicted molar refractivity (Wildman–Crippen MR) is 83.3 cm³/mol. The molecule has 20 heavy (non-hydrogen) atoms. The molecule has 1 fully saturated rings. The predicted octanol–water partition coefficient (Wildman–Crippen LogP) is 4.06. The third-order valence-corrected chi connectivity index (χ3v) is 4.10. The van der Waals surface area contributed by atoms with Crippen molar-refractivity contribution in [1.82, 2.24) is 0 Å². The first-order valence-corrected chi connectivity index (χ1v) is 7.39. The molecule has 1 heterocycles. The van der Waals surface area contributed by atoms with E-state index in [1.807, 2.05) is 18.2 Å². The molecule has 1 aromatic carbocycles. The van der Waals surface area contributed by atoms with Gasteiger partial charge in [-0.15, -0.1) is 0 Å². The van der Waals surface area contributed by atoms with E-state index in [0.29, 0.717) is 5.02 Å². The molecule has 4 heteroatoms. The molecule has 0 aromatic heterocycles. The van der Waals surface area contributed by atoms with E-state index in [1.165, 1.54) is 25.3 Å². The molecule has 0 saturated carbocycles. The van der Waals surface area contributed by atoms with Gasteiger partial charge in [-0.3, -0.25) is 0 Å². The SMILES string of the molecule is CC1CCCN(c2ccc(/C=C/C(=O)O)c(Cl)c2)CC1. The number of rotatable bonds is 3. The second-order valence-corrected chi connectivity index (χ2v) is 5.81. The van der Waals surface area contributed by atoms with Crippen LogP contribution in [-0.2, 0) is 4.79 Å². The number of carboxylic acid groups (broad SMARTS) is 1. The summed E-state index contributed by atoms with van der Waals surface area (Å²) in [6.45, 7) is 4.42. The van der Waals surface area contributed by atoms with E-state index in [1.54, 1.807) is 0 Å². The summed E-state index contributed by atoms with van der Waals surface area (Å²) in [6.07, 6.45) is 6.33. The number of carboxylic acids is 1. The second kappa shape index (κ2) is 6.80. The molecule has 0 radical (unpaired) electrons. The van der Waals surface area contributed by atoms with Crippen LogP contribution >= 0.6 is 11.6 Å². The van der Waals surface area contributed by atoms with E-state index in [0.717, 1.165) is 36.3 Å². The average molecular weight is 294 g/mol. The Hall–Kier alpha value is -1.48. The van der Waals surface area contributed by atoms with Gasteiger partial charge in [-0.25, -0.2) is 4.79 Å². The van der Waals surface area contributed by atoms with Crippen molar-refractivity contribution in [2.75, 3.05) is 18.0 Å². The fourth-order valence-corrected chi connectivity index (χ4v) is 2.77. The van der Waals surface area contributed by atoms with E-state index in [2.05, 4.69) is 11.8 Å². The number of nitrogens with zero attached hydrogens (tertiary/aromatic N) is 1. The minimum Gasteiger partial charge on any atom is -0.478 e. The van der Waals surface area contributed by atoms with Crippen LogP contribution in [0.5, 0.6) is 0 Å². The van der Waals surface area contributed by atoms with Gasteiger partial charge in [-0.1, -0.05) is 24.6 Å². The van der Waals surface area contributed by atoms with Gasteiger partial charge in [0, 0.05) is 29.9 Å². The first kappa shape index (κ1) is 14.9. The van der Waals surface area contributed by atoms with Crippen LogP contribution in [0.4, 0.5) is 5.69 Å². The summed E-state index contributed by atoms with van der Waals surface area (Å²) in [5.41, 5.74) is 1.86. The van der Waals surface area contributed by atoms with Crippen LogP contribution in [-0.4, -0.2) is 24.2 Å². The Morgan fingerprint density at radius 2 is 2.20 bits per heavy atom. The Bertz CT molecular complexity index is 513. The average Bonchev–Trinajstić information content (AvgIpc) is 2.62. The molecule has 1 atom stereocenters. The lowest BCUT2D eigenvalue weighted by Gasteiger charge is -2.23. The van der Waals surface area contributed by atoms with Gasteiger partial charge in [-0.2, -0.15) is 0 Å². The normalized spacial score (nSPS) is 20.1. The van der Waals surface area contributed by atoms with Crippen molar-refractivity contribution in [3.8, 4) is 0 Å². The Balaban J connectivity index is 2.13. The number of carbonyl (C=O) groups is 1. The van der Waals surface area contributed by atoms with Gasteiger partial charge in [0.05, 0.1) is 0 Å². The van der Waals surface area contributed by atoms with Gasteiger partial charge >= 0.3 is 5.97 Å². The molecule has 1 aliphatic heterocycles. The minimum atomic E-state index is -0.966. The standard InChI is InChI=1S/C16H20ClNO2/c1-12-3-2-9-18(10-8-12)14-6-4-13(15(17)11-14)5-7-16(19)20/h4-7,11-12H,2-3,8-10H2,1H3,(H,19,20)/b7-5+. The molecule has 108 valence electrons. The van der Waals surface area contributed by atoms with Gasteiger partial charge in [0.1, 0.15) is 0 Å². The van der Waals surface area contributed by atoms with E-state index >= 15 is 0 Å². The Labute approximate surface area is 124 Å². The monoisotopic (exact) mass is 293 g/mol. The number of benzene rings is 1. The summed E-state index contributed by atoms with van der Waals surface area (Å²) >= 11 is 6.23. The lowest BCUT2D eigenvalue weighted by atomic mass is 10.0. The zero-order valence-corrected chi connectivity index (χ0v) is 12.4. The van der Waals surface area contributed by atoms with Crippen molar-refractivity contribution in [2.45, 2.75) is 26.2 Å². The van der Waals surface area contributed by atoms with Crippen molar-refractivity contribution in [3.05, 3.63) is 34.9 Å². The third kappa shape index (κ3) is 4.01. The van der Waals surface area contributed by atoms with Crippen molar-refractivity contribution in [2.24, 2.45) is 5.92 Å². The zero-order chi connectivity index (χ0) is 14.5. The number of aliphatic carboxylic acids is 1. The maximum atomic E-state index is 10.5. The fraction of sp³-hybridized carbons (Fsp3) is 0.438. The minimum absolute atomic E-state index is 0.595. The summed E-state index contributed by atoms with van der Waals surface area (Å²) in [6, 6.07) is 5.83. The summed E-state index contributed by atoms with van der Waals surface area (Å²) < 4.78 is 0.